The van der Waals surface area contributed by atoms with E-state index in [1.54, 1.807) is 11.1 Å². The quantitative estimate of drug-likeness (QED) is 0.748. The topological polar surface area (TPSA) is 3.24 Å². The molecule has 2 rings (SSSR count). The molecule has 0 spiro atoms. The van der Waals surface area contributed by atoms with Crippen molar-refractivity contribution in [1.82, 2.24) is 4.90 Å². The van der Waals surface area contributed by atoms with Crippen molar-refractivity contribution in [3.05, 3.63) is 35.4 Å². The first kappa shape index (κ1) is 11.7. The Morgan fingerprint density at radius 1 is 1.19 bits per heavy atom. The van der Waals surface area contributed by atoms with Crippen LogP contribution >= 0.6 is 0 Å². The summed E-state index contributed by atoms with van der Waals surface area (Å²) < 4.78 is 0. The Balaban J connectivity index is 2.06. The molecule has 0 saturated heterocycles. The molecule has 2 atom stereocenters. The number of hydrogen-bond donors (Lipinski definition) is 0. The minimum atomic E-state index is 0.733. The van der Waals surface area contributed by atoms with Gasteiger partial charge in [-0.3, -0.25) is 0 Å². The van der Waals surface area contributed by atoms with Gasteiger partial charge in [0.25, 0.3) is 0 Å². The molecule has 0 aromatic heterocycles. The van der Waals surface area contributed by atoms with Crippen LogP contribution in [-0.2, 0) is 6.42 Å². The fourth-order valence-electron chi connectivity index (χ4n) is 2.91. The predicted molar refractivity (Wildman–Crippen MR) is 69.8 cm³/mol. The van der Waals surface area contributed by atoms with Crippen LogP contribution in [0.4, 0.5) is 0 Å². The van der Waals surface area contributed by atoms with Gasteiger partial charge in [-0.25, -0.2) is 0 Å². The first-order chi connectivity index (χ1) is 7.76. The van der Waals surface area contributed by atoms with E-state index in [1.165, 1.54) is 26.1 Å². The van der Waals surface area contributed by atoms with Crippen LogP contribution in [0, 0.1) is 5.92 Å². The van der Waals surface area contributed by atoms with Crippen LogP contribution in [0.5, 0.6) is 0 Å². The van der Waals surface area contributed by atoms with E-state index in [9.17, 15) is 0 Å². The van der Waals surface area contributed by atoms with E-state index in [2.05, 4.69) is 49.9 Å². The Morgan fingerprint density at radius 2 is 1.88 bits per heavy atom. The molecule has 16 heavy (non-hydrogen) atoms. The lowest BCUT2D eigenvalue weighted by atomic mass is 9.94. The maximum Gasteiger partial charge on any atom is 0.00184 e. The molecule has 1 nitrogen and oxygen atoms in total. The number of rotatable bonds is 4. The molecule has 0 fully saturated rings. The Morgan fingerprint density at radius 3 is 2.50 bits per heavy atom. The Hall–Kier alpha value is -0.820. The number of fused-ring (bicyclic) bond motifs is 1. The molecule has 0 bridgehead atoms. The van der Waals surface area contributed by atoms with Gasteiger partial charge in [-0.05, 0) is 42.5 Å². The van der Waals surface area contributed by atoms with E-state index in [0.717, 1.165) is 11.8 Å². The maximum atomic E-state index is 2.55. The predicted octanol–water partition coefficient (Wildman–Crippen LogP) is 3.30. The molecule has 1 aromatic carbocycles. The SMILES string of the molecule is CCN(CC)C[C@@H]1Cc2ccccc2[C@@H]1C. The third-order valence-corrected chi connectivity index (χ3v) is 4.12. The highest BCUT2D eigenvalue weighted by molar-refractivity contribution is 5.35. The zero-order chi connectivity index (χ0) is 11.5. The van der Waals surface area contributed by atoms with E-state index >= 15 is 0 Å². The summed E-state index contributed by atoms with van der Waals surface area (Å²) in [5.74, 6) is 1.55. The molecule has 0 amide bonds. The number of hydrogen-bond acceptors (Lipinski definition) is 1. The third-order valence-electron chi connectivity index (χ3n) is 4.12. The molecule has 1 heteroatoms. The molecule has 0 N–H and O–H groups in total. The highest BCUT2D eigenvalue weighted by Gasteiger charge is 2.29. The molecular weight excluding hydrogens is 194 g/mol. The lowest BCUT2D eigenvalue weighted by Gasteiger charge is -2.25. The van der Waals surface area contributed by atoms with Crippen molar-refractivity contribution >= 4 is 0 Å². The van der Waals surface area contributed by atoms with Gasteiger partial charge >= 0.3 is 0 Å². The third kappa shape index (κ3) is 2.15. The van der Waals surface area contributed by atoms with Crippen molar-refractivity contribution in [2.24, 2.45) is 5.92 Å². The first-order valence-corrected chi connectivity index (χ1v) is 6.56. The van der Waals surface area contributed by atoms with Crippen molar-refractivity contribution < 1.29 is 0 Å². The Labute approximate surface area is 99.5 Å². The average Bonchev–Trinajstić information content (AvgIpc) is 2.64. The van der Waals surface area contributed by atoms with Crippen molar-refractivity contribution in [3.63, 3.8) is 0 Å². The van der Waals surface area contributed by atoms with Gasteiger partial charge in [0.1, 0.15) is 0 Å². The van der Waals surface area contributed by atoms with Crippen LogP contribution in [0.1, 0.15) is 37.8 Å². The van der Waals surface area contributed by atoms with E-state index in [0.29, 0.717) is 0 Å². The summed E-state index contributed by atoms with van der Waals surface area (Å²) in [4.78, 5) is 2.55. The number of benzene rings is 1. The second-order valence-corrected chi connectivity index (χ2v) is 4.94. The molecule has 0 heterocycles. The summed E-state index contributed by atoms with van der Waals surface area (Å²) in [6, 6.07) is 8.96. The number of nitrogens with zero attached hydrogens (tertiary/aromatic N) is 1. The van der Waals surface area contributed by atoms with Crippen molar-refractivity contribution in [3.8, 4) is 0 Å². The summed E-state index contributed by atoms with van der Waals surface area (Å²) in [5, 5.41) is 0. The minimum absolute atomic E-state index is 0.733. The van der Waals surface area contributed by atoms with Crippen LogP contribution in [0.2, 0.25) is 0 Å². The summed E-state index contributed by atoms with van der Waals surface area (Å²) in [6.45, 7) is 10.5. The molecule has 88 valence electrons. The van der Waals surface area contributed by atoms with Crippen molar-refractivity contribution in [2.75, 3.05) is 19.6 Å². The zero-order valence-electron chi connectivity index (χ0n) is 10.7. The largest absolute Gasteiger partial charge is 0.304 e. The maximum absolute atomic E-state index is 2.55. The summed E-state index contributed by atoms with van der Waals surface area (Å²) in [7, 11) is 0. The van der Waals surface area contributed by atoms with Crippen molar-refractivity contribution in [1.29, 1.82) is 0 Å². The molecule has 1 aliphatic carbocycles. The Kier molecular flexibility index (Phi) is 3.65. The molecule has 1 aromatic rings. The zero-order valence-corrected chi connectivity index (χ0v) is 10.7. The van der Waals surface area contributed by atoms with Gasteiger partial charge in [0.15, 0.2) is 0 Å². The van der Waals surface area contributed by atoms with Crippen LogP contribution in [0.25, 0.3) is 0 Å². The molecule has 0 aliphatic heterocycles. The summed E-state index contributed by atoms with van der Waals surface area (Å²) >= 11 is 0. The Bertz CT molecular complexity index is 341. The minimum Gasteiger partial charge on any atom is -0.304 e. The normalized spacial score (nSPS) is 23.8. The highest BCUT2D eigenvalue weighted by Crippen LogP contribution is 2.37. The van der Waals surface area contributed by atoms with Gasteiger partial charge < -0.3 is 4.90 Å². The fourth-order valence-corrected chi connectivity index (χ4v) is 2.91. The van der Waals surface area contributed by atoms with E-state index in [-0.39, 0.29) is 0 Å². The van der Waals surface area contributed by atoms with E-state index < -0.39 is 0 Å². The lowest BCUT2D eigenvalue weighted by Crippen LogP contribution is -2.30. The second kappa shape index (κ2) is 5.01. The molecule has 0 unspecified atom stereocenters. The molecule has 1 aliphatic rings. The van der Waals surface area contributed by atoms with Gasteiger partial charge in [0.05, 0.1) is 0 Å². The van der Waals surface area contributed by atoms with Crippen LogP contribution in [-0.4, -0.2) is 24.5 Å². The van der Waals surface area contributed by atoms with Crippen LogP contribution in [0.3, 0.4) is 0 Å². The van der Waals surface area contributed by atoms with Gasteiger partial charge in [-0.2, -0.15) is 0 Å². The molecule has 0 saturated carbocycles. The van der Waals surface area contributed by atoms with Crippen LogP contribution < -0.4 is 0 Å². The second-order valence-electron chi connectivity index (χ2n) is 4.94. The molecular formula is C15H23N. The summed E-state index contributed by atoms with van der Waals surface area (Å²) in [6.07, 6.45) is 1.27. The van der Waals surface area contributed by atoms with Gasteiger partial charge in [-0.1, -0.05) is 45.0 Å². The van der Waals surface area contributed by atoms with Gasteiger partial charge in [0.2, 0.25) is 0 Å². The standard InChI is InChI=1S/C15H23N/c1-4-16(5-2)11-14-10-13-8-6-7-9-15(13)12(14)3/h6-9,12,14H,4-5,10-11H2,1-3H3/t12-,14+/m1/s1. The average molecular weight is 217 g/mol. The molecule has 0 radical (unpaired) electrons. The van der Waals surface area contributed by atoms with Crippen molar-refractivity contribution in [2.45, 2.75) is 33.1 Å². The van der Waals surface area contributed by atoms with E-state index in [1.807, 2.05) is 0 Å². The van der Waals surface area contributed by atoms with E-state index in [4.69, 9.17) is 0 Å². The monoisotopic (exact) mass is 217 g/mol. The summed E-state index contributed by atoms with van der Waals surface area (Å²) in [5.41, 5.74) is 3.16. The lowest BCUT2D eigenvalue weighted by molar-refractivity contribution is 0.242. The van der Waals surface area contributed by atoms with Gasteiger partial charge in [-0.15, -0.1) is 0 Å². The highest BCUT2D eigenvalue weighted by atomic mass is 15.1. The first-order valence-electron chi connectivity index (χ1n) is 6.56. The van der Waals surface area contributed by atoms with Crippen LogP contribution in [0.15, 0.2) is 24.3 Å². The van der Waals surface area contributed by atoms with Gasteiger partial charge in [0, 0.05) is 6.54 Å². The fraction of sp³-hybridized carbons (Fsp3) is 0.600. The smallest absolute Gasteiger partial charge is 0.00184 e.